The summed E-state index contributed by atoms with van der Waals surface area (Å²) < 4.78 is 5.57. The maximum atomic E-state index is 5.57. The van der Waals surface area contributed by atoms with Gasteiger partial charge in [-0.15, -0.1) is 0 Å². The highest BCUT2D eigenvalue weighted by molar-refractivity contribution is 5.33. The molecule has 20 heavy (non-hydrogen) atoms. The van der Waals surface area contributed by atoms with E-state index in [4.69, 9.17) is 4.74 Å². The molecule has 2 nitrogen and oxygen atoms in total. The van der Waals surface area contributed by atoms with Crippen LogP contribution in [0.1, 0.15) is 57.9 Å². The molecule has 0 aromatic heterocycles. The van der Waals surface area contributed by atoms with Crippen LogP contribution in [0.3, 0.4) is 0 Å². The quantitative estimate of drug-likeness (QED) is 0.782. The molecule has 1 saturated carbocycles. The molecule has 1 aliphatic carbocycles. The Kier molecular flexibility index (Phi) is 5.90. The summed E-state index contributed by atoms with van der Waals surface area (Å²) in [5.41, 5.74) is 1.82. The molecule has 0 heterocycles. The third-order valence-corrected chi connectivity index (χ3v) is 4.55. The zero-order chi connectivity index (χ0) is 14.3. The van der Waals surface area contributed by atoms with Crippen molar-refractivity contribution in [2.45, 2.75) is 57.8 Å². The van der Waals surface area contributed by atoms with Gasteiger partial charge in [0.1, 0.15) is 5.75 Å². The van der Waals surface area contributed by atoms with E-state index >= 15 is 0 Å². The molecular weight excluding hydrogens is 246 g/mol. The number of nitrogens with one attached hydrogen (secondary N) is 1. The highest BCUT2D eigenvalue weighted by Gasteiger charge is 2.32. The van der Waals surface area contributed by atoms with E-state index in [-0.39, 0.29) is 0 Å². The van der Waals surface area contributed by atoms with Crippen molar-refractivity contribution in [1.29, 1.82) is 0 Å². The first-order valence-corrected chi connectivity index (χ1v) is 8.25. The zero-order valence-corrected chi connectivity index (χ0v) is 13.1. The van der Waals surface area contributed by atoms with Crippen molar-refractivity contribution in [3.05, 3.63) is 29.8 Å². The van der Waals surface area contributed by atoms with E-state index in [1.165, 1.54) is 44.1 Å². The van der Waals surface area contributed by atoms with E-state index in [1.54, 1.807) is 0 Å². The summed E-state index contributed by atoms with van der Waals surface area (Å²) in [7, 11) is 0. The molecule has 0 radical (unpaired) electrons. The summed E-state index contributed by atoms with van der Waals surface area (Å²) >= 11 is 0. The Labute approximate surface area is 123 Å². The molecule has 0 atom stereocenters. The van der Waals surface area contributed by atoms with E-state index in [9.17, 15) is 0 Å². The van der Waals surface area contributed by atoms with E-state index in [2.05, 4.69) is 36.5 Å². The van der Waals surface area contributed by atoms with Gasteiger partial charge in [0, 0.05) is 12.0 Å². The molecule has 2 heteroatoms. The monoisotopic (exact) mass is 275 g/mol. The van der Waals surface area contributed by atoms with Crippen molar-refractivity contribution in [3.63, 3.8) is 0 Å². The third kappa shape index (κ3) is 3.76. The van der Waals surface area contributed by atoms with Crippen LogP contribution in [0.4, 0.5) is 0 Å². The van der Waals surface area contributed by atoms with Crippen molar-refractivity contribution < 1.29 is 4.74 Å². The largest absolute Gasteiger partial charge is 0.494 e. The van der Waals surface area contributed by atoms with Gasteiger partial charge in [0.15, 0.2) is 0 Å². The predicted octanol–water partition coefficient (Wildman–Crippen LogP) is 4.29. The number of hydrogen-bond acceptors (Lipinski definition) is 2. The summed E-state index contributed by atoms with van der Waals surface area (Å²) in [5.74, 6) is 0.989. The molecule has 1 aromatic rings. The molecule has 0 bridgehead atoms. The van der Waals surface area contributed by atoms with Gasteiger partial charge in [-0.25, -0.2) is 0 Å². The molecule has 0 saturated heterocycles. The summed E-state index contributed by atoms with van der Waals surface area (Å²) in [5, 5.41) is 3.59. The van der Waals surface area contributed by atoms with Gasteiger partial charge in [0.2, 0.25) is 0 Å². The minimum absolute atomic E-state index is 0.331. The second-order valence-electron chi connectivity index (χ2n) is 5.93. The smallest absolute Gasteiger partial charge is 0.119 e. The maximum absolute atomic E-state index is 5.57. The van der Waals surface area contributed by atoms with Crippen LogP contribution < -0.4 is 10.1 Å². The molecular formula is C18H29NO. The molecule has 1 N–H and O–H groups in total. The number of ether oxygens (including phenoxy) is 1. The van der Waals surface area contributed by atoms with Crippen molar-refractivity contribution in [3.8, 4) is 5.75 Å². The van der Waals surface area contributed by atoms with Crippen LogP contribution in [-0.2, 0) is 5.41 Å². The Morgan fingerprint density at radius 2 is 1.65 bits per heavy atom. The summed E-state index contributed by atoms with van der Waals surface area (Å²) in [6, 6.07) is 8.84. The summed E-state index contributed by atoms with van der Waals surface area (Å²) in [6.07, 6.45) is 8.13. The molecule has 1 aromatic carbocycles. The van der Waals surface area contributed by atoms with E-state index in [0.29, 0.717) is 5.41 Å². The maximum Gasteiger partial charge on any atom is 0.119 e. The Morgan fingerprint density at radius 1 is 1.00 bits per heavy atom. The fourth-order valence-corrected chi connectivity index (χ4v) is 3.41. The first-order valence-electron chi connectivity index (χ1n) is 8.25. The van der Waals surface area contributed by atoms with Gasteiger partial charge in [-0.1, -0.05) is 44.7 Å². The lowest BCUT2D eigenvalue weighted by Crippen LogP contribution is -2.38. The third-order valence-electron chi connectivity index (χ3n) is 4.55. The van der Waals surface area contributed by atoms with Crippen LogP contribution in [0.25, 0.3) is 0 Å². The molecule has 0 unspecified atom stereocenters. The van der Waals surface area contributed by atoms with Gasteiger partial charge in [0.05, 0.1) is 6.61 Å². The van der Waals surface area contributed by atoms with Crippen LogP contribution in [0.2, 0.25) is 0 Å². The Bertz CT molecular complexity index is 377. The lowest BCUT2D eigenvalue weighted by molar-refractivity contribution is 0.336. The lowest BCUT2D eigenvalue weighted by atomic mass is 9.74. The SMILES string of the molecule is CCNCC1(c2ccc(OCC)cc2)CCCCCC1. The normalized spacial score (nSPS) is 18.5. The fourth-order valence-electron chi connectivity index (χ4n) is 3.41. The van der Waals surface area contributed by atoms with E-state index < -0.39 is 0 Å². The minimum Gasteiger partial charge on any atom is -0.494 e. The zero-order valence-electron chi connectivity index (χ0n) is 13.1. The highest BCUT2D eigenvalue weighted by atomic mass is 16.5. The van der Waals surface area contributed by atoms with Crippen LogP contribution in [0, 0.1) is 0 Å². The topological polar surface area (TPSA) is 21.3 Å². The van der Waals surface area contributed by atoms with Crippen LogP contribution in [0.15, 0.2) is 24.3 Å². The number of benzene rings is 1. The molecule has 0 aliphatic heterocycles. The lowest BCUT2D eigenvalue weighted by Gasteiger charge is -2.34. The number of hydrogen-bond donors (Lipinski definition) is 1. The Morgan fingerprint density at radius 3 is 2.20 bits per heavy atom. The van der Waals surface area contributed by atoms with Crippen molar-refractivity contribution in [2.75, 3.05) is 19.7 Å². The van der Waals surface area contributed by atoms with Gasteiger partial charge < -0.3 is 10.1 Å². The van der Waals surface area contributed by atoms with E-state index in [0.717, 1.165) is 25.4 Å². The molecule has 2 rings (SSSR count). The van der Waals surface area contributed by atoms with Gasteiger partial charge in [-0.05, 0) is 44.0 Å². The molecule has 112 valence electrons. The van der Waals surface area contributed by atoms with Crippen molar-refractivity contribution in [2.24, 2.45) is 0 Å². The van der Waals surface area contributed by atoms with Gasteiger partial charge in [0.25, 0.3) is 0 Å². The van der Waals surface area contributed by atoms with Gasteiger partial charge >= 0.3 is 0 Å². The first-order chi connectivity index (χ1) is 9.80. The molecule has 1 fully saturated rings. The Balaban J connectivity index is 2.19. The average Bonchev–Trinajstić information content (AvgIpc) is 2.73. The standard InChI is InChI=1S/C18H29NO/c1-3-19-15-18(13-7-5-6-8-14-18)16-9-11-17(12-10-16)20-4-2/h9-12,19H,3-8,13-15H2,1-2H3. The van der Waals surface area contributed by atoms with Crippen LogP contribution in [-0.4, -0.2) is 19.7 Å². The summed E-state index contributed by atoms with van der Waals surface area (Å²) in [6.45, 7) is 7.13. The highest BCUT2D eigenvalue weighted by Crippen LogP contribution is 2.38. The molecule has 1 aliphatic rings. The van der Waals surface area contributed by atoms with Gasteiger partial charge in [-0.3, -0.25) is 0 Å². The minimum atomic E-state index is 0.331. The second-order valence-corrected chi connectivity index (χ2v) is 5.93. The van der Waals surface area contributed by atoms with Crippen molar-refractivity contribution in [1.82, 2.24) is 5.32 Å². The van der Waals surface area contributed by atoms with Crippen LogP contribution >= 0.6 is 0 Å². The van der Waals surface area contributed by atoms with Crippen LogP contribution in [0.5, 0.6) is 5.75 Å². The second kappa shape index (κ2) is 7.68. The van der Waals surface area contributed by atoms with Crippen molar-refractivity contribution >= 4 is 0 Å². The number of rotatable bonds is 6. The van der Waals surface area contributed by atoms with E-state index in [1.807, 2.05) is 6.92 Å². The first kappa shape index (κ1) is 15.4. The average molecular weight is 275 g/mol. The molecule has 0 amide bonds. The molecule has 0 spiro atoms. The Hall–Kier alpha value is -1.02. The number of likely N-dealkylation sites (N-methyl/N-ethyl adjacent to an activating group) is 1. The fraction of sp³-hybridized carbons (Fsp3) is 0.667. The van der Waals surface area contributed by atoms with Gasteiger partial charge in [-0.2, -0.15) is 0 Å². The predicted molar refractivity (Wildman–Crippen MR) is 85.5 cm³/mol. The summed E-state index contributed by atoms with van der Waals surface area (Å²) in [4.78, 5) is 0.